The van der Waals surface area contributed by atoms with Crippen LogP contribution in [0.25, 0.3) is 0 Å². The van der Waals surface area contributed by atoms with E-state index in [2.05, 4.69) is 26.8 Å². The minimum atomic E-state index is 1.05. The molecule has 0 bridgehead atoms. The molecule has 76 valence electrons. The van der Waals surface area contributed by atoms with Crippen LogP contribution >= 0.6 is 0 Å². The second-order valence-electron chi connectivity index (χ2n) is 3.71. The molecule has 1 aliphatic heterocycles. The van der Waals surface area contributed by atoms with Crippen molar-refractivity contribution in [2.24, 2.45) is 0 Å². The minimum absolute atomic E-state index is 1.05. The van der Waals surface area contributed by atoms with Gasteiger partial charge in [0.2, 0.25) is 0 Å². The summed E-state index contributed by atoms with van der Waals surface area (Å²) in [4.78, 5) is 12.9. The highest BCUT2D eigenvalue weighted by atomic mass is 15.2. The zero-order chi connectivity index (χ0) is 9.80. The molecular formula is C10H16N4. The summed E-state index contributed by atoms with van der Waals surface area (Å²) in [6.07, 6.45) is 4.63. The molecule has 1 aliphatic rings. The Morgan fingerprint density at radius 1 is 1.21 bits per heavy atom. The van der Waals surface area contributed by atoms with Gasteiger partial charge in [-0.3, -0.25) is 0 Å². The number of nitrogens with zero attached hydrogens (tertiary/aromatic N) is 4. The first kappa shape index (κ1) is 9.40. The van der Waals surface area contributed by atoms with E-state index in [0.29, 0.717) is 0 Å². The van der Waals surface area contributed by atoms with Gasteiger partial charge in [-0.2, -0.15) is 0 Å². The van der Waals surface area contributed by atoms with Crippen molar-refractivity contribution in [1.82, 2.24) is 14.9 Å². The van der Waals surface area contributed by atoms with Gasteiger partial charge in [-0.05, 0) is 26.1 Å². The quantitative estimate of drug-likeness (QED) is 0.653. The summed E-state index contributed by atoms with van der Waals surface area (Å²) in [5.74, 6) is 1.05. The molecule has 4 nitrogen and oxygen atoms in total. The number of likely N-dealkylation sites (N-methyl/N-ethyl adjacent to an activating group) is 1. The lowest BCUT2D eigenvalue weighted by Crippen LogP contribution is -2.29. The molecule has 14 heavy (non-hydrogen) atoms. The van der Waals surface area contributed by atoms with Crippen molar-refractivity contribution < 1.29 is 0 Å². The maximum atomic E-state index is 4.27. The van der Waals surface area contributed by atoms with Crippen LogP contribution in [0, 0.1) is 0 Å². The Labute approximate surface area is 84.6 Å². The Bertz CT molecular complexity index is 275. The summed E-state index contributed by atoms with van der Waals surface area (Å²) in [5.41, 5.74) is 0. The van der Waals surface area contributed by atoms with Gasteiger partial charge in [-0.1, -0.05) is 0 Å². The van der Waals surface area contributed by atoms with Gasteiger partial charge in [0.05, 0.1) is 0 Å². The first-order chi connectivity index (χ1) is 6.86. The van der Waals surface area contributed by atoms with Crippen molar-refractivity contribution in [3.63, 3.8) is 0 Å². The van der Waals surface area contributed by atoms with Crippen LogP contribution < -0.4 is 4.90 Å². The van der Waals surface area contributed by atoms with Crippen molar-refractivity contribution >= 4 is 5.82 Å². The van der Waals surface area contributed by atoms with Crippen LogP contribution in [0.5, 0.6) is 0 Å². The number of rotatable bonds is 1. The molecule has 0 amide bonds. The second kappa shape index (κ2) is 4.37. The van der Waals surface area contributed by atoms with Crippen LogP contribution in [0.2, 0.25) is 0 Å². The van der Waals surface area contributed by atoms with Crippen molar-refractivity contribution in [1.29, 1.82) is 0 Å². The Morgan fingerprint density at radius 2 is 2.14 bits per heavy atom. The third kappa shape index (κ3) is 2.20. The van der Waals surface area contributed by atoms with Crippen LogP contribution in [0.1, 0.15) is 6.42 Å². The molecule has 0 atom stereocenters. The molecule has 4 heteroatoms. The van der Waals surface area contributed by atoms with Crippen molar-refractivity contribution in [2.45, 2.75) is 6.42 Å². The molecule has 0 spiro atoms. The van der Waals surface area contributed by atoms with E-state index in [1.807, 2.05) is 6.07 Å². The van der Waals surface area contributed by atoms with Gasteiger partial charge in [-0.15, -0.1) is 0 Å². The fourth-order valence-electron chi connectivity index (χ4n) is 1.75. The van der Waals surface area contributed by atoms with Gasteiger partial charge in [0.25, 0.3) is 0 Å². The lowest BCUT2D eigenvalue weighted by atomic mass is 10.4. The van der Waals surface area contributed by atoms with Gasteiger partial charge >= 0.3 is 0 Å². The Kier molecular flexibility index (Phi) is 2.93. The summed E-state index contributed by atoms with van der Waals surface area (Å²) in [5, 5.41) is 0. The number of hydrogen-bond donors (Lipinski definition) is 0. The zero-order valence-electron chi connectivity index (χ0n) is 8.56. The number of aromatic nitrogens is 2. The van der Waals surface area contributed by atoms with Crippen molar-refractivity contribution in [3.05, 3.63) is 18.6 Å². The molecule has 1 saturated heterocycles. The predicted octanol–water partition coefficient (Wildman–Crippen LogP) is 0.618. The van der Waals surface area contributed by atoms with E-state index < -0.39 is 0 Å². The molecule has 0 aliphatic carbocycles. The van der Waals surface area contributed by atoms with E-state index in [4.69, 9.17) is 0 Å². The number of anilines is 1. The first-order valence-electron chi connectivity index (χ1n) is 5.06. The standard InChI is InChI=1S/C10H16N4/c1-13-5-2-6-14(8-7-13)10-3-4-11-9-12-10/h3-4,9H,2,5-8H2,1H3. The second-order valence-corrected chi connectivity index (χ2v) is 3.71. The Hall–Kier alpha value is -1.16. The van der Waals surface area contributed by atoms with Crippen LogP contribution in [0.3, 0.4) is 0 Å². The lowest BCUT2D eigenvalue weighted by molar-refractivity contribution is 0.360. The molecular weight excluding hydrogens is 176 g/mol. The summed E-state index contributed by atoms with van der Waals surface area (Å²) >= 11 is 0. The average Bonchev–Trinajstić information content (AvgIpc) is 2.44. The van der Waals surface area contributed by atoms with E-state index in [9.17, 15) is 0 Å². The largest absolute Gasteiger partial charge is 0.355 e. The van der Waals surface area contributed by atoms with E-state index in [0.717, 1.165) is 25.5 Å². The van der Waals surface area contributed by atoms with E-state index >= 15 is 0 Å². The normalized spacial score (nSPS) is 19.4. The molecule has 2 heterocycles. The highest BCUT2D eigenvalue weighted by molar-refractivity contribution is 5.36. The fraction of sp³-hybridized carbons (Fsp3) is 0.600. The topological polar surface area (TPSA) is 32.3 Å². The van der Waals surface area contributed by atoms with Crippen LogP contribution in [-0.2, 0) is 0 Å². The predicted molar refractivity (Wildman–Crippen MR) is 56.4 cm³/mol. The molecule has 0 aromatic carbocycles. The fourth-order valence-corrected chi connectivity index (χ4v) is 1.75. The zero-order valence-corrected chi connectivity index (χ0v) is 8.56. The van der Waals surface area contributed by atoms with Crippen molar-refractivity contribution in [2.75, 3.05) is 38.1 Å². The maximum Gasteiger partial charge on any atom is 0.131 e. The van der Waals surface area contributed by atoms with Gasteiger partial charge < -0.3 is 9.80 Å². The molecule has 1 aromatic rings. The Balaban J connectivity index is 2.04. The molecule has 2 rings (SSSR count). The molecule has 0 N–H and O–H groups in total. The van der Waals surface area contributed by atoms with E-state index in [-0.39, 0.29) is 0 Å². The van der Waals surface area contributed by atoms with Crippen LogP contribution in [0.4, 0.5) is 5.82 Å². The third-order valence-electron chi connectivity index (χ3n) is 2.61. The highest BCUT2D eigenvalue weighted by Gasteiger charge is 2.12. The van der Waals surface area contributed by atoms with Crippen LogP contribution in [0.15, 0.2) is 18.6 Å². The van der Waals surface area contributed by atoms with Gasteiger partial charge in [0.1, 0.15) is 12.1 Å². The summed E-state index contributed by atoms with van der Waals surface area (Å²) in [7, 11) is 2.17. The first-order valence-corrected chi connectivity index (χ1v) is 5.06. The van der Waals surface area contributed by atoms with Crippen molar-refractivity contribution in [3.8, 4) is 0 Å². The molecule has 0 radical (unpaired) electrons. The molecule has 1 aromatic heterocycles. The van der Waals surface area contributed by atoms with Crippen LogP contribution in [-0.4, -0.2) is 48.1 Å². The smallest absolute Gasteiger partial charge is 0.131 e. The summed E-state index contributed by atoms with van der Waals surface area (Å²) < 4.78 is 0. The highest BCUT2D eigenvalue weighted by Crippen LogP contribution is 2.10. The van der Waals surface area contributed by atoms with E-state index in [1.54, 1.807) is 12.5 Å². The SMILES string of the molecule is CN1CCCN(c2ccncn2)CC1. The van der Waals surface area contributed by atoms with E-state index in [1.165, 1.54) is 13.0 Å². The maximum absolute atomic E-state index is 4.27. The van der Waals surface area contributed by atoms with Gasteiger partial charge in [0.15, 0.2) is 0 Å². The van der Waals surface area contributed by atoms with Gasteiger partial charge in [0, 0.05) is 25.8 Å². The molecule has 0 unspecified atom stereocenters. The third-order valence-corrected chi connectivity index (χ3v) is 2.61. The number of hydrogen-bond acceptors (Lipinski definition) is 4. The summed E-state index contributed by atoms with van der Waals surface area (Å²) in [6, 6.07) is 1.98. The lowest BCUT2D eigenvalue weighted by Gasteiger charge is -2.20. The van der Waals surface area contributed by atoms with Gasteiger partial charge in [-0.25, -0.2) is 9.97 Å². The molecule has 0 saturated carbocycles. The summed E-state index contributed by atoms with van der Waals surface area (Å²) in [6.45, 7) is 4.46. The monoisotopic (exact) mass is 192 g/mol. The molecule has 1 fully saturated rings. The average molecular weight is 192 g/mol. The Morgan fingerprint density at radius 3 is 2.93 bits per heavy atom. The minimum Gasteiger partial charge on any atom is -0.355 e.